The lowest BCUT2D eigenvalue weighted by molar-refractivity contribution is -0.113. The number of benzene rings is 2. The third kappa shape index (κ3) is 3.34. The molecule has 5 heteroatoms. The molecule has 0 spiro atoms. The van der Waals surface area contributed by atoms with Crippen LogP contribution in [0.3, 0.4) is 0 Å². The van der Waals surface area contributed by atoms with Crippen LogP contribution in [-0.4, -0.2) is 10.2 Å². The van der Waals surface area contributed by atoms with Gasteiger partial charge in [0.15, 0.2) is 4.32 Å². The van der Waals surface area contributed by atoms with Crippen molar-refractivity contribution in [3.8, 4) is 0 Å². The minimum atomic E-state index is -0.0816. The van der Waals surface area contributed by atoms with Crippen LogP contribution >= 0.6 is 35.6 Å². The monoisotopic (exact) mass is 359 g/mol. The first-order chi connectivity index (χ1) is 11.0. The summed E-state index contributed by atoms with van der Waals surface area (Å²) in [4.78, 5) is 15.0. The SMILES string of the molecule is Cc1ccc(N2C(=O)C(=Cc3ccc(Cl)cc3)SC2=S)c(C)c1. The molecule has 0 N–H and O–H groups in total. The number of thioether (sulfide) groups is 1. The van der Waals surface area contributed by atoms with Crippen molar-refractivity contribution in [1.82, 2.24) is 0 Å². The smallest absolute Gasteiger partial charge is 0.268 e. The number of nitrogens with zero attached hydrogens (tertiary/aromatic N) is 1. The van der Waals surface area contributed by atoms with Crippen LogP contribution in [0.5, 0.6) is 0 Å². The van der Waals surface area contributed by atoms with Gasteiger partial charge in [-0.2, -0.15) is 0 Å². The van der Waals surface area contributed by atoms with E-state index in [1.54, 1.807) is 17.0 Å². The summed E-state index contributed by atoms with van der Waals surface area (Å²) in [7, 11) is 0. The zero-order valence-corrected chi connectivity index (χ0v) is 15.1. The Morgan fingerprint density at radius 2 is 1.83 bits per heavy atom. The zero-order chi connectivity index (χ0) is 16.6. The molecule has 0 saturated carbocycles. The highest BCUT2D eigenvalue weighted by Crippen LogP contribution is 2.37. The Balaban J connectivity index is 1.95. The van der Waals surface area contributed by atoms with Crippen molar-refractivity contribution in [1.29, 1.82) is 0 Å². The second-order valence-corrected chi connectivity index (χ2v) is 7.47. The van der Waals surface area contributed by atoms with Gasteiger partial charge in [0.2, 0.25) is 0 Å². The van der Waals surface area contributed by atoms with E-state index < -0.39 is 0 Å². The maximum absolute atomic E-state index is 12.7. The molecule has 0 aliphatic carbocycles. The van der Waals surface area contributed by atoms with Gasteiger partial charge < -0.3 is 0 Å². The van der Waals surface area contributed by atoms with Crippen LogP contribution < -0.4 is 4.90 Å². The molecule has 1 aliphatic rings. The van der Waals surface area contributed by atoms with E-state index in [-0.39, 0.29) is 5.91 Å². The Morgan fingerprint density at radius 3 is 2.48 bits per heavy atom. The van der Waals surface area contributed by atoms with Gasteiger partial charge in [-0.05, 0) is 49.2 Å². The van der Waals surface area contributed by atoms with Gasteiger partial charge in [-0.25, -0.2) is 0 Å². The summed E-state index contributed by atoms with van der Waals surface area (Å²) in [6.07, 6.45) is 1.85. The molecule has 1 fully saturated rings. The van der Waals surface area contributed by atoms with E-state index >= 15 is 0 Å². The van der Waals surface area contributed by atoms with Crippen molar-refractivity contribution in [3.63, 3.8) is 0 Å². The lowest BCUT2D eigenvalue weighted by Gasteiger charge is -2.17. The molecule has 0 aromatic heterocycles. The molecule has 0 atom stereocenters. The normalized spacial score (nSPS) is 16.5. The molecule has 0 bridgehead atoms. The summed E-state index contributed by atoms with van der Waals surface area (Å²) in [6.45, 7) is 4.02. The third-order valence-corrected chi connectivity index (χ3v) is 5.11. The fourth-order valence-electron chi connectivity index (χ4n) is 2.44. The Hall–Kier alpha value is -1.62. The van der Waals surface area contributed by atoms with Gasteiger partial charge in [0.05, 0.1) is 10.6 Å². The van der Waals surface area contributed by atoms with E-state index in [9.17, 15) is 4.79 Å². The molecule has 2 aromatic rings. The second kappa shape index (κ2) is 6.48. The highest BCUT2D eigenvalue weighted by atomic mass is 35.5. The standard InChI is InChI=1S/C18H14ClNOS2/c1-11-3-8-15(12(2)9-11)20-17(21)16(23-18(20)22)10-13-4-6-14(19)7-5-13/h3-10H,1-2H3. The largest absolute Gasteiger partial charge is 0.270 e. The van der Waals surface area contributed by atoms with E-state index in [2.05, 4.69) is 6.07 Å². The first kappa shape index (κ1) is 16.2. The van der Waals surface area contributed by atoms with Crippen molar-refractivity contribution in [3.05, 3.63) is 69.1 Å². The van der Waals surface area contributed by atoms with Gasteiger partial charge in [-0.15, -0.1) is 0 Å². The van der Waals surface area contributed by atoms with Crippen LogP contribution in [0.25, 0.3) is 6.08 Å². The summed E-state index contributed by atoms with van der Waals surface area (Å²) in [5.41, 5.74) is 3.97. The van der Waals surface area contributed by atoms with Crippen molar-refractivity contribution in [2.45, 2.75) is 13.8 Å². The summed E-state index contributed by atoms with van der Waals surface area (Å²) in [5, 5.41) is 0.671. The molecule has 0 unspecified atom stereocenters. The number of hydrogen-bond acceptors (Lipinski definition) is 3. The number of anilines is 1. The average molecular weight is 360 g/mol. The summed E-state index contributed by atoms with van der Waals surface area (Å²) in [5.74, 6) is -0.0816. The van der Waals surface area contributed by atoms with Crippen LogP contribution in [0, 0.1) is 13.8 Å². The molecule has 2 nitrogen and oxygen atoms in total. The Bertz CT molecular complexity index is 827. The second-order valence-electron chi connectivity index (χ2n) is 5.36. The molecule has 1 amide bonds. The average Bonchev–Trinajstić information content (AvgIpc) is 2.77. The number of hydrogen-bond donors (Lipinski definition) is 0. The van der Waals surface area contributed by atoms with Crippen LogP contribution in [0.1, 0.15) is 16.7 Å². The minimum Gasteiger partial charge on any atom is -0.268 e. The maximum Gasteiger partial charge on any atom is 0.270 e. The number of amides is 1. The first-order valence-corrected chi connectivity index (χ1v) is 8.67. The van der Waals surface area contributed by atoms with Gasteiger partial charge >= 0.3 is 0 Å². The van der Waals surface area contributed by atoms with Gasteiger partial charge in [0.25, 0.3) is 5.91 Å². The van der Waals surface area contributed by atoms with E-state index in [1.807, 2.05) is 44.2 Å². The number of carbonyl (C=O) groups is 1. The van der Waals surface area contributed by atoms with Gasteiger partial charge in [0, 0.05) is 5.02 Å². The maximum atomic E-state index is 12.7. The lowest BCUT2D eigenvalue weighted by atomic mass is 10.1. The molecule has 2 aromatic carbocycles. The Kier molecular flexibility index (Phi) is 4.57. The number of aryl methyl sites for hydroxylation is 2. The van der Waals surface area contributed by atoms with Crippen molar-refractivity contribution in [2.24, 2.45) is 0 Å². The van der Waals surface area contributed by atoms with Crippen LogP contribution in [0.2, 0.25) is 5.02 Å². The summed E-state index contributed by atoms with van der Waals surface area (Å²) in [6, 6.07) is 13.4. The molecule has 1 aliphatic heterocycles. The van der Waals surface area contributed by atoms with Crippen LogP contribution in [0.15, 0.2) is 47.4 Å². The topological polar surface area (TPSA) is 20.3 Å². The molecule has 23 heavy (non-hydrogen) atoms. The predicted octanol–water partition coefficient (Wildman–Crippen LogP) is 5.36. The lowest BCUT2D eigenvalue weighted by Crippen LogP contribution is -2.28. The van der Waals surface area contributed by atoms with Crippen molar-refractivity contribution < 1.29 is 4.79 Å². The molecular weight excluding hydrogens is 346 g/mol. The van der Waals surface area contributed by atoms with E-state index in [0.29, 0.717) is 14.2 Å². The Morgan fingerprint density at radius 1 is 1.13 bits per heavy atom. The van der Waals surface area contributed by atoms with Crippen molar-refractivity contribution in [2.75, 3.05) is 4.90 Å². The fourth-order valence-corrected chi connectivity index (χ4v) is 3.85. The van der Waals surface area contributed by atoms with Gasteiger partial charge in [-0.1, -0.05) is 65.4 Å². The third-order valence-electron chi connectivity index (χ3n) is 3.55. The minimum absolute atomic E-state index is 0.0816. The van der Waals surface area contributed by atoms with Crippen LogP contribution in [0.4, 0.5) is 5.69 Å². The quantitative estimate of drug-likeness (QED) is 0.531. The first-order valence-electron chi connectivity index (χ1n) is 7.06. The van der Waals surface area contributed by atoms with E-state index in [1.165, 1.54) is 11.8 Å². The van der Waals surface area contributed by atoms with E-state index in [4.69, 9.17) is 23.8 Å². The molecular formula is C18H14ClNOS2. The summed E-state index contributed by atoms with van der Waals surface area (Å²) >= 11 is 12.6. The number of halogens is 1. The molecule has 1 saturated heterocycles. The number of rotatable bonds is 2. The summed E-state index contributed by atoms with van der Waals surface area (Å²) < 4.78 is 0.558. The molecule has 3 rings (SSSR count). The fraction of sp³-hybridized carbons (Fsp3) is 0.111. The van der Waals surface area contributed by atoms with Gasteiger partial charge in [-0.3, -0.25) is 9.69 Å². The number of carbonyl (C=O) groups excluding carboxylic acids is 1. The highest BCUT2D eigenvalue weighted by Gasteiger charge is 2.33. The Labute approximate surface area is 150 Å². The molecule has 0 radical (unpaired) electrons. The van der Waals surface area contributed by atoms with Crippen LogP contribution in [-0.2, 0) is 4.79 Å². The number of thiocarbonyl (C=S) groups is 1. The molecule has 1 heterocycles. The zero-order valence-electron chi connectivity index (χ0n) is 12.7. The van der Waals surface area contributed by atoms with Crippen molar-refractivity contribution >= 4 is 57.6 Å². The molecule has 116 valence electrons. The van der Waals surface area contributed by atoms with Gasteiger partial charge in [0.1, 0.15) is 0 Å². The highest BCUT2D eigenvalue weighted by molar-refractivity contribution is 8.27. The predicted molar refractivity (Wildman–Crippen MR) is 103 cm³/mol. The van der Waals surface area contributed by atoms with E-state index in [0.717, 1.165) is 22.4 Å².